The van der Waals surface area contributed by atoms with Crippen LogP contribution in [0.4, 0.5) is 11.4 Å². The Morgan fingerprint density at radius 2 is 1.52 bits per heavy atom. The van der Waals surface area contributed by atoms with Crippen LogP contribution in [0.25, 0.3) is 0 Å². The zero-order chi connectivity index (χ0) is 19.4. The Morgan fingerprint density at radius 3 is 2.07 bits per heavy atom. The molecule has 3 rings (SSSR count). The largest absolute Gasteiger partial charge is 0.389 e. The average Bonchev–Trinajstić information content (AvgIpc) is 2.92. The van der Waals surface area contributed by atoms with E-state index < -0.39 is 30.4 Å². The van der Waals surface area contributed by atoms with Crippen LogP contribution in [0.2, 0.25) is 0 Å². The van der Waals surface area contributed by atoms with Crippen LogP contribution in [0.3, 0.4) is 0 Å². The summed E-state index contributed by atoms with van der Waals surface area (Å²) in [6, 6.07) is 13.3. The van der Waals surface area contributed by atoms with E-state index in [1.807, 2.05) is 0 Å². The highest BCUT2D eigenvalue weighted by Crippen LogP contribution is 2.22. The molecule has 0 aliphatic carbocycles. The predicted octanol–water partition coefficient (Wildman–Crippen LogP) is 0.686. The average molecular weight is 369 g/mol. The van der Waals surface area contributed by atoms with Crippen LogP contribution < -0.4 is 10.6 Å². The zero-order valence-electron chi connectivity index (χ0n) is 14.4. The van der Waals surface area contributed by atoms with Crippen molar-refractivity contribution in [1.29, 1.82) is 0 Å². The van der Waals surface area contributed by atoms with Gasteiger partial charge in [0.2, 0.25) is 5.91 Å². The van der Waals surface area contributed by atoms with Gasteiger partial charge in [0.1, 0.15) is 6.61 Å². The number of hydrogen-bond acceptors (Lipinski definition) is 6. The highest BCUT2D eigenvalue weighted by Gasteiger charge is 2.35. The van der Waals surface area contributed by atoms with Crippen molar-refractivity contribution in [2.75, 3.05) is 30.3 Å². The number of amides is 3. The minimum atomic E-state index is -0.944. The Labute approximate surface area is 155 Å². The molecule has 1 aliphatic rings. The monoisotopic (exact) mass is 369 g/mol. The normalized spacial score (nSPS) is 14.1. The van der Waals surface area contributed by atoms with Crippen LogP contribution in [0.15, 0.2) is 48.5 Å². The molecular formula is C19H19N3O5. The van der Waals surface area contributed by atoms with Crippen LogP contribution in [0.1, 0.15) is 20.7 Å². The molecule has 0 fully saturated rings. The number of carbonyl (C=O) groups excluding carboxylic acids is 3. The van der Waals surface area contributed by atoms with E-state index in [1.54, 1.807) is 48.5 Å². The van der Waals surface area contributed by atoms with E-state index in [0.29, 0.717) is 22.5 Å². The molecule has 140 valence electrons. The maximum absolute atomic E-state index is 12.3. The predicted molar refractivity (Wildman–Crippen MR) is 98.5 cm³/mol. The van der Waals surface area contributed by atoms with E-state index in [-0.39, 0.29) is 13.1 Å². The van der Waals surface area contributed by atoms with Gasteiger partial charge < -0.3 is 20.8 Å². The summed E-state index contributed by atoms with van der Waals surface area (Å²) in [5, 5.41) is 24.4. The fourth-order valence-corrected chi connectivity index (χ4v) is 2.79. The molecule has 1 atom stereocenters. The first-order chi connectivity index (χ1) is 13.0. The van der Waals surface area contributed by atoms with Crippen LogP contribution >= 0.6 is 0 Å². The number of benzene rings is 2. The van der Waals surface area contributed by atoms with E-state index in [1.165, 1.54) is 0 Å². The van der Waals surface area contributed by atoms with Crippen LogP contribution in [-0.4, -0.2) is 58.6 Å². The maximum Gasteiger partial charge on any atom is 0.261 e. The Bertz CT molecular complexity index is 831. The topological polar surface area (TPSA) is 119 Å². The molecule has 0 saturated heterocycles. The molecule has 4 N–H and O–H groups in total. The molecule has 0 bridgehead atoms. The zero-order valence-corrected chi connectivity index (χ0v) is 14.4. The van der Waals surface area contributed by atoms with Crippen LogP contribution in [0, 0.1) is 0 Å². The van der Waals surface area contributed by atoms with Gasteiger partial charge in [0, 0.05) is 17.9 Å². The third-order valence-electron chi connectivity index (χ3n) is 4.13. The van der Waals surface area contributed by atoms with Crippen molar-refractivity contribution in [3.63, 3.8) is 0 Å². The SMILES string of the molecule is O=C(CO)Nc1ccc(NC[C@@H](O)CN2C(=O)c3ccccc3C2=O)cc1. The highest BCUT2D eigenvalue weighted by atomic mass is 16.3. The van der Waals surface area contributed by atoms with Gasteiger partial charge in [0.25, 0.3) is 11.8 Å². The fraction of sp³-hybridized carbons (Fsp3) is 0.211. The lowest BCUT2D eigenvalue weighted by Gasteiger charge is -2.19. The van der Waals surface area contributed by atoms with Crippen molar-refractivity contribution in [2.24, 2.45) is 0 Å². The van der Waals surface area contributed by atoms with Gasteiger partial charge in [-0.1, -0.05) is 12.1 Å². The number of aliphatic hydroxyl groups excluding tert-OH is 2. The maximum atomic E-state index is 12.3. The molecule has 2 aromatic carbocycles. The lowest BCUT2D eigenvalue weighted by molar-refractivity contribution is -0.118. The molecule has 0 saturated carbocycles. The number of nitrogens with one attached hydrogen (secondary N) is 2. The molecule has 0 aromatic heterocycles. The fourth-order valence-electron chi connectivity index (χ4n) is 2.79. The molecule has 1 aliphatic heterocycles. The second-order valence-corrected chi connectivity index (χ2v) is 6.08. The number of aliphatic hydroxyl groups is 2. The lowest BCUT2D eigenvalue weighted by Crippen LogP contribution is -2.39. The van der Waals surface area contributed by atoms with Crippen molar-refractivity contribution in [3.8, 4) is 0 Å². The molecule has 0 unspecified atom stereocenters. The van der Waals surface area contributed by atoms with E-state index >= 15 is 0 Å². The number of rotatable bonds is 7. The number of imide groups is 1. The molecule has 1 heterocycles. The Hall–Kier alpha value is -3.23. The van der Waals surface area contributed by atoms with Gasteiger partial charge in [-0.25, -0.2) is 0 Å². The Kier molecular flexibility index (Phi) is 5.49. The number of hydrogen-bond donors (Lipinski definition) is 4. The summed E-state index contributed by atoms with van der Waals surface area (Å²) in [5.74, 6) is -1.32. The number of anilines is 2. The van der Waals surface area contributed by atoms with E-state index in [9.17, 15) is 19.5 Å². The van der Waals surface area contributed by atoms with E-state index in [0.717, 1.165) is 4.90 Å². The molecule has 8 heteroatoms. The molecule has 3 amide bonds. The quantitative estimate of drug-likeness (QED) is 0.533. The minimum absolute atomic E-state index is 0.107. The second kappa shape index (κ2) is 7.98. The molecular weight excluding hydrogens is 350 g/mol. The summed E-state index contributed by atoms with van der Waals surface area (Å²) in [6.07, 6.45) is -0.944. The number of carbonyl (C=O) groups is 3. The van der Waals surface area contributed by atoms with Crippen LogP contribution in [-0.2, 0) is 4.79 Å². The molecule has 0 radical (unpaired) electrons. The Morgan fingerprint density at radius 1 is 0.963 bits per heavy atom. The number of nitrogens with zero attached hydrogens (tertiary/aromatic N) is 1. The molecule has 2 aromatic rings. The van der Waals surface area contributed by atoms with Gasteiger partial charge in [-0.05, 0) is 36.4 Å². The smallest absolute Gasteiger partial charge is 0.261 e. The third-order valence-corrected chi connectivity index (χ3v) is 4.13. The third kappa shape index (κ3) is 4.13. The van der Waals surface area contributed by atoms with Gasteiger partial charge in [0.15, 0.2) is 0 Å². The van der Waals surface area contributed by atoms with Gasteiger partial charge in [-0.15, -0.1) is 0 Å². The van der Waals surface area contributed by atoms with Crippen molar-refractivity contribution >= 4 is 29.1 Å². The Balaban J connectivity index is 1.53. The van der Waals surface area contributed by atoms with E-state index in [2.05, 4.69) is 10.6 Å². The number of β-amino-alcohol motifs (C(OH)–C–C–N with tert-alkyl or cyclic N) is 1. The van der Waals surface area contributed by atoms with Crippen molar-refractivity contribution in [3.05, 3.63) is 59.7 Å². The summed E-state index contributed by atoms with van der Waals surface area (Å²) in [7, 11) is 0. The first-order valence-corrected chi connectivity index (χ1v) is 8.37. The first-order valence-electron chi connectivity index (χ1n) is 8.37. The summed E-state index contributed by atoms with van der Waals surface area (Å²) in [4.78, 5) is 36.7. The van der Waals surface area contributed by atoms with Crippen LogP contribution in [0.5, 0.6) is 0 Å². The summed E-state index contributed by atoms with van der Waals surface area (Å²) >= 11 is 0. The van der Waals surface area contributed by atoms with Gasteiger partial charge >= 0.3 is 0 Å². The minimum Gasteiger partial charge on any atom is -0.389 e. The summed E-state index contributed by atoms with van der Waals surface area (Å²) in [5.41, 5.74) is 1.93. The summed E-state index contributed by atoms with van der Waals surface area (Å²) in [6.45, 7) is -0.566. The molecule has 0 spiro atoms. The van der Waals surface area contributed by atoms with Gasteiger partial charge in [-0.3, -0.25) is 19.3 Å². The van der Waals surface area contributed by atoms with Crippen molar-refractivity contribution in [1.82, 2.24) is 4.90 Å². The second-order valence-electron chi connectivity index (χ2n) is 6.08. The van der Waals surface area contributed by atoms with Crippen molar-refractivity contribution in [2.45, 2.75) is 6.10 Å². The highest BCUT2D eigenvalue weighted by molar-refractivity contribution is 6.21. The lowest BCUT2D eigenvalue weighted by atomic mass is 10.1. The standard InChI is InChI=1S/C19H19N3O5/c23-11-17(25)21-13-7-5-12(6-8-13)20-9-14(24)10-22-18(26)15-3-1-2-4-16(15)19(22)27/h1-8,14,20,23-24H,9-11H2,(H,21,25)/t14-/m1/s1. The van der Waals surface area contributed by atoms with E-state index in [4.69, 9.17) is 5.11 Å². The number of fused-ring (bicyclic) bond motifs is 1. The molecule has 8 nitrogen and oxygen atoms in total. The van der Waals surface area contributed by atoms with Gasteiger partial charge in [-0.2, -0.15) is 0 Å². The summed E-state index contributed by atoms with van der Waals surface area (Å²) < 4.78 is 0. The molecule has 27 heavy (non-hydrogen) atoms. The first kappa shape index (κ1) is 18.6. The van der Waals surface area contributed by atoms with Gasteiger partial charge in [0.05, 0.1) is 23.8 Å². The van der Waals surface area contributed by atoms with Crippen molar-refractivity contribution < 1.29 is 24.6 Å².